The monoisotopic (exact) mass is 497 g/mol. The summed E-state index contributed by atoms with van der Waals surface area (Å²) in [7, 11) is 0. The van der Waals surface area contributed by atoms with E-state index in [1.54, 1.807) is 18.2 Å². The van der Waals surface area contributed by atoms with Gasteiger partial charge in [-0.05, 0) is 54.3 Å². The molecule has 0 N–H and O–H groups in total. The van der Waals surface area contributed by atoms with E-state index in [1.807, 2.05) is 6.07 Å². The molecule has 11 heteroatoms. The molecule has 4 rings (SSSR count). The number of halogens is 6. The number of urea groups is 1. The predicted octanol–water partition coefficient (Wildman–Crippen LogP) is 7.88. The summed E-state index contributed by atoms with van der Waals surface area (Å²) in [5, 5.41) is 7.28. The first-order valence-corrected chi connectivity index (χ1v) is 11.0. The molecule has 0 saturated heterocycles. The van der Waals surface area contributed by atoms with Crippen molar-refractivity contribution < 1.29 is 35.9 Å². The Kier molecular flexibility index (Phi) is 6.70. The molecule has 2 aromatic rings. The zero-order valence-corrected chi connectivity index (χ0v) is 18.4. The molecule has 1 aliphatic carbocycles. The van der Waals surface area contributed by atoms with E-state index in [2.05, 4.69) is 15.2 Å². The summed E-state index contributed by atoms with van der Waals surface area (Å²) in [6.45, 7) is -0.473. The molecular weight excluding hydrogens is 476 g/mol. The highest BCUT2D eigenvalue weighted by Crippen LogP contribution is 2.44. The van der Waals surface area contributed by atoms with Crippen molar-refractivity contribution in [2.45, 2.75) is 62.9 Å². The first-order chi connectivity index (χ1) is 16.4. The number of aliphatic imine (C=N–C) groups is 1. The molecule has 0 unspecified atom stereocenters. The lowest BCUT2D eigenvalue weighted by Gasteiger charge is -2.37. The maximum absolute atomic E-state index is 13.1. The van der Waals surface area contributed by atoms with Gasteiger partial charge in [-0.25, -0.2) is 4.79 Å². The van der Waals surface area contributed by atoms with Gasteiger partial charge in [0.25, 0.3) is 0 Å². The van der Waals surface area contributed by atoms with Gasteiger partial charge in [-0.2, -0.15) is 31.3 Å². The molecule has 35 heavy (non-hydrogen) atoms. The van der Waals surface area contributed by atoms with Crippen LogP contribution < -0.4 is 4.74 Å². The Morgan fingerprint density at radius 1 is 0.857 bits per heavy atom. The molecule has 186 valence electrons. The largest absolute Gasteiger partial charge is 0.489 e. The molecule has 2 amide bonds. The highest BCUT2D eigenvalue weighted by molar-refractivity contribution is 5.99. The Morgan fingerprint density at radius 3 is 2.09 bits per heavy atom. The van der Waals surface area contributed by atoms with E-state index in [0.717, 1.165) is 37.7 Å². The molecule has 2 aromatic carbocycles. The molecule has 0 aromatic heterocycles. The van der Waals surface area contributed by atoms with Crippen LogP contribution in [0.2, 0.25) is 0 Å². The smallest absolute Gasteiger partial charge is 0.416 e. The molecule has 2 aliphatic rings. The fourth-order valence-electron chi connectivity index (χ4n) is 4.61. The summed E-state index contributed by atoms with van der Waals surface area (Å²) in [5.41, 5.74) is -2.51. The summed E-state index contributed by atoms with van der Waals surface area (Å²) in [6, 6.07) is 7.68. The van der Waals surface area contributed by atoms with Gasteiger partial charge >= 0.3 is 18.4 Å². The standard InChI is InChI=1S/C24H21F6N3O2/c25-23(26,27)17-9-15(10-18(11-17)24(28,29)30)14-35-19-6-4-5-16(12-19)22(7-2-1-3-8-22)13-20-31-21(34)33-32-20/h4-6,9-12H,1-3,7-8,13-14H2. The van der Waals surface area contributed by atoms with E-state index in [1.165, 1.54) is 0 Å². The minimum absolute atomic E-state index is 0.0881. The number of alkyl halides is 6. The number of carbonyl (C=O) groups is 1. The molecule has 1 saturated carbocycles. The second-order valence-corrected chi connectivity index (χ2v) is 8.76. The van der Waals surface area contributed by atoms with Crippen LogP contribution in [0.1, 0.15) is 60.8 Å². The number of carbonyl (C=O) groups excluding carboxylic acids is 1. The summed E-state index contributed by atoms with van der Waals surface area (Å²) in [4.78, 5) is 15.2. The molecule has 0 bridgehead atoms. The van der Waals surface area contributed by atoms with Gasteiger partial charge < -0.3 is 4.74 Å². The first kappa shape index (κ1) is 24.9. The van der Waals surface area contributed by atoms with Crippen LogP contribution in [0.4, 0.5) is 31.1 Å². The number of benzene rings is 2. The van der Waals surface area contributed by atoms with Gasteiger partial charge in [-0.3, -0.25) is 0 Å². The number of ether oxygens (including phenoxy) is 1. The molecule has 5 nitrogen and oxygen atoms in total. The maximum Gasteiger partial charge on any atom is 0.416 e. The molecule has 1 fully saturated rings. The van der Waals surface area contributed by atoms with E-state index >= 15 is 0 Å². The lowest BCUT2D eigenvalue weighted by molar-refractivity contribution is -0.143. The first-order valence-electron chi connectivity index (χ1n) is 11.0. The van der Waals surface area contributed by atoms with Crippen molar-refractivity contribution >= 4 is 11.9 Å². The van der Waals surface area contributed by atoms with Crippen molar-refractivity contribution in [3.63, 3.8) is 0 Å². The Bertz CT molecular complexity index is 1130. The van der Waals surface area contributed by atoms with Gasteiger partial charge in [0.05, 0.1) is 11.1 Å². The third-order valence-electron chi connectivity index (χ3n) is 6.28. The van der Waals surface area contributed by atoms with Crippen molar-refractivity contribution in [3.05, 3.63) is 64.7 Å². The average molecular weight is 497 g/mol. The van der Waals surface area contributed by atoms with E-state index in [4.69, 9.17) is 4.74 Å². The fraction of sp³-hybridized carbons (Fsp3) is 0.417. The topological polar surface area (TPSA) is 63.4 Å². The predicted molar refractivity (Wildman–Crippen MR) is 114 cm³/mol. The summed E-state index contributed by atoms with van der Waals surface area (Å²) in [5.74, 6) is 0.649. The third kappa shape index (κ3) is 5.88. The summed E-state index contributed by atoms with van der Waals surface area (Å²) in [6.07, 6.45) is -4.88. The Balaban J connectivity index is 1.58. The van der Waals surface area contributed by atoms with Crippen LogP contribution >= 0.6 is 0 Å². The van der Waals surface area contributed by atoms with Gasteiger partial charge in [0.1, 0.15) is 12.4 Å². The Labute approximate surface area is 196 Å². The quantitative estimate of drug-likeness (QED) is 0.381. The van der Waals surface area contributed by atoms with Crippen LogP contribution in [0.15, 0.2) is 57.7 Å². The third-order valence-corrected chi connectivity index (χ3v) is 6.28. The number of azo groups is 1. The molecule has 0 spiro atoms. The van der Waals surface area contributed by atoms with Crippen LogP contribution in [-0.2, 0) is 24.4 Å². The molecule has 1 heterocycles. The lowest BCUT2D eigenvalue weighted by atomic mass is 9.67. The summed E-state index contributed by atoms with van der Waals surface area (Å²) >= 11 is 0. The van der Waals surface area contributed by atoms with Crippen LogP contribution in [0, 0.1) is 0 Å². The molecule has 0 radical (unpaired) electrons. The van der Waals surface area contributed by atoms with Crippen LogP contribution in [0.5, 0.6) is 5.75 Å². The van der Waals surface area contributed by atoms with Gasteiger partial charge in [-0.15, -0.1) is 5.11 Å². The number of hydrogen-bond acceptors (Lipinski definition) is 3. The normalized spacial score (nSPS) is 18.0. The van der Waals surface area contributed by atoms with Crippen molar-refractivity contribution in [2.24, 2.45) is 15.2 Å². The highest BCUT2D eigenvalue weighted by Gasteiger charge is 2.38. The number of amides is 2. The van der Waals surface area contributed by atoms with Gasteiger partial charge in [0.15, 0.2) is 5.84 Å². The van der Waals surface area contributed by atoms with Gasteiger partial charge in [0, 0.05) is 11.8 Å². The van der Waals surface area contributed by atoms with Crippen LogP contribution in [0.3, 0.4) is 0 Å². The molecular formula is C24H21F6N3O2. The zero-order valence-electron chi connectivity index (χ0n) is 18.4. The summed E-state index contributed by atoms with van der Waals surface area (Å²) < 4.78 is 84.5. The number of hydrogen-bond donors (Lipinski definition) is 0. The minimum atomic E-state index is -4.93. The van der Waals surface area contributed by atoms with Gasteiger partial charge in [-0.1, -0.05) is 36.5 Å². The van der Waals surface area contributed by atoms with Crippen molar-refractivity contribution in [3.8, 4) is 5.75 Å². The minimum Gasteiger partial charge on any atom is -0.489 e. The highest BCUT2D eigenvalue weighted by atomic mass is 19.4. The Hall–Kier alpha value is -3.24. The number of nitrogens with zero attached hydrogens (tertiary/aromatic N) is 3. The average Bonchev–Trinajstić information content (AvgIpc) is 3.21. The van der Waals surface area contributed by atoms with E-state index in [-0.39, 0.29) is 17.0 Å². The van der Waals surface area contributed by atoms with Crippen molar-refractivity contribution in [1.82, 2.24) is 0 Å². The molecule has 1 aliphatic heterocycles. The van der Waals surface area contributed by atoms with E-state index in [9.17, 15) is 31.1 Å². The van der Waals surface area contributed by atoms with E-state index < -0.39 is 36.1 Å². The molecule has 0 atom stereocenters. The number of amidine groups is 1. The van der Waals surface area contributed by atoms with Crippen LogP contribution in [0.25, 0.3) is 0 Å². The van der Waals surface area contributed by atoms with Gasteiger partial charge in [0.2, 0.25) is 0 Å². The second kappa shape index (κ2) is 9.43. The number of rotatable bonds is 6. The maximum atomic E-state index is 13.1. The zero-order chi connectivity index (χ0) is 25.3. The van der Waals surface area contributed by atoms with Crippen LogP contribution in [-0.4, -0.2) is 11.9 Å². The second-order valence-electron chi connectivity index (χ2n) is 8.76. The fourth-order valence-corrected chi connectivity index (χ4v) is 4.61. The lowest BCUT2D eigenvalue weighted by Crippen LogP contribution is -2.31. The van der Waals surface area contributed by atoms with E-state index in [0.29, 0.717) is 30.1 Å². The van der Waals surface area contributed by atoms with Crippen molar-refractivity contribution in [1.29, 1.82) is 0 Å². The SMILES string of the molecule is O=C1N=NC(CC2(c3cccc(OCc4cc(C(F)(F)F)cc(C(F)(F)F)c4)c3)CCCCC2)=N1. The Morgan fingerprint density at radius 2 is 1.51 bits per heavy atom. The van der Waals surface area contributed by atoms with Crippen molar-refractivity contribution in [2.75, 3.05) is 0 Å².